The number of nitrogen functional groups attached to an aromatic ring is 1. The van der Waals surface area contributed by atoms with Gasteiger partial charge in [0.15, 0.2) is 0 Å². The molecular weight excluding hydrogens is 404 g/mol. The number of benzene rings is 2. The van der Waals surface area contributed by atoms with Gasteiger partial charge in [-0.1, -0.05) is 44.5 Å². The van der Waals surface area contributed by atoms with Crippen LogP contribution in [0.1, 0.15) is 56.3 Å². The maximum atomic E-state index is 13.2. The van der Waals surface area contributed by atoms with E-state index in [1.807, 2.05) is 44.2 Å². The Morgan fingerprint density at radius 1 is 1.06 bits per heavy atom. The number of nitrogens with zero attached hydrogens (tertiary/aromatic N) is 1. The van der Waals surface area contributed by atoms with E-state index in [4.69, 9.17) is 5.73 Å². The maximum absolute atomic E-state index is 13.2. The molecule has 3 rings (SSSR count). The van der Waals surface area contributed by atoms with E-state index in [2.05, 4.69) is 10.6 Å². The van der Waals surface area contributed by atoms with Crippen LogP contribution in [0.15, 0.2) is 48.5 Å². The minimum absolute atomic E-state index is 0.0747. The maximum Gasteiger partial charge on any atom is 0.254 e. The zero-order valence-corrected chi connectivity index (χ0v) is 18.8. The summed E-state index contributed by atoms with van der Waals surface area (Å²) in [5.41, 5.74) is 8.20. The number of carbonyl (C=O) groups is 3. The number of hydrogen-bond acceptors (Lipinski definition) is 4. The van der Waals surface area contributed by atoms with Crippen LogP contribution < -0.4 is 21.3 Å². The van der Waals surface area contributed by atoms with Gasteiger partial charge in [0.05, 0.1) is 22.6 Å². The van der Waals surface area contributed by atoms with Crippen LogP contribution in [0.4, 0.5) is 17.1 Å². The summed E-state index contributed by atoms with van der Waals surface area (Å²) in [5, 5.41) is 5.73. The molecule has 0 bridgehead atoms. The molecule has 0 radical (unpaired) electrons. The Morgan fingerprint density at radius 2 is 1.78 bits per heavy atom. The molecule has 0 aromatic heterocycles. The third-order valence-corrected chi connectivity index (χ3v) is 5.54. The van der Waals surface area contributed by atoms with Crippen molar-refractivity contribution in [3.63, 3.8) is 0 Å². The van der Waals surface area contributed by atoms with Crippen LogP contribution >= 0.6 is 0 Å². The fraction of sp³-hybridized carbons (Fsp3) is 0.400. The third kappa shape index (κ3) is 5.87. The number of nitrogens with two attached hydrogens (primary N) is 1. The van der Waals surface area contributed by atoms with Crippen LogP contribution in [0.3, 0.4) is 0 Å². The molecule has 7 heteroatoms. The second-order valence-corrected chi connectivity index (χ2v) is 8.61. The van der Waals surface area contributed by atoms with E-state index in [0.29, 0.717) is 48.4 Å². The molecule has 1 aliphatic rings. The number of carbonyl (C=O) groups excluding carboxylic acids is 3. The Balaban J connectivity index is 1.57. The fourth-order valence-corrected chi connectivity index (χ4v) is 3.92. The SMILES string of the molecule is CC(C)CC1NC(=O)c2ccccc2N(CCCCCC(=O)Nc2ccccc2N)C1=O. The summed E-state index contributed by atoms with van der Waals surface area (Å²) in [6.45, 7) is 4.58. The molecule has 4 N–H and O–H groups in total. The van der Waals surface area contributed by atoms with E-state index >= 15 is 0 Å². The van der Waals surface area contributed by atoms with Gasteiger partial charge in [-0.3, -0.25) is 14.4 Å². The van der Waals surface area contributed by atoms with E-state index in [0.717, 1.165) is 12.8 Å². The predicted molar refractivity (Wildman–Crippen MR) is 127 cm³/mol. The molecule has 3 amide bonds. The van der Waals surface area contributed by atoms with Crippen molar-refractivity contribution in [2.75, 3.05) is 22.5 Å². The summed E-state index contributed by atoms with van der Waals surface area (Å²) >= 11 is 0. The van der Waals surface area contributed by atoms with Gasteiger partial charge in [-0.15, -0.1) is 0 Å². The minimum atomic E-state index is -0.531. The van der Waals surface area contributed by atoms with Gasteiger partial charge in [0.25, 0.3) is 5.91 Å². The monoisotopic (exact) mass is 436 g/mol. The number of unbranched alkanes of at least 4 members (excludes halogenated alkanes) is 2. The van der Waals surface area contributed by atoms with Crippen LogP contribution in [0.2, 0.25) is 0 Å². The van der Waals surface area contributed by atoms with E-state index in [1.165, 1.54) is 0 Å². The second kappa shape index (κ2) is 10.8. The molecular formula is C25H32N4O3. The Kier molecular flexibility index (Phi) is 7.87. The average Bonchev–Trinajstić information content (AvgIpc) is 2.85. The first kappa shape index (κ1) is 23.3. The Bertz CT molecular complexity index is 973. The van der Waals surface area contributed by atoms with E-state index in [1.54, 1.807) is 23.1 Å². The van der Waals surface area contributed by atoms with Crippen molar-refractivity contribution in [1.82, 2.24) is 5.32 Å². The van der Waals surface area contributed by atoms with Crippen LogP contribution in [0.25, 0.3) is 0 Å². The number of amides is 3. The van der Waals surface area contributed by atoms with Gasteiger partial charge < -0.3 is 21.3 Å². The number of para-hydroxylation sites is 3. The molecule has 7 nitrogen and oxygen atoms in total. The minimum Gasteiger partial charge on any atom is -0.397 e. The topological polar surface area (TPSA) is 105 Å². The smallest absolute Gasteiger partial charge is 0.254 e. The van der Waals surface area contributed by atoms with Crippen LogP contribution in [0, 0.1) is 5.92 Å². The van der Waals surface area contributed by atoms with Crippen molar-refractivity contribution >= 4 is 34.8 Å². The number of nitrogens with one attached hydrogen (secondary N) is 2. The first-order valence-corrected chi connectivity index (χ1v) is 11.2. The fourth-order valence-electron chi connectivity index (χ4n) is 3.92. The van der Waals surface area contributed by atoms with Gasteiger partial charge in [-0.2, -0.15) is 0 Å². The molecule has 0 aliphatic carbocycles. The molecule has 0 saturated heterocycles. The second-order valence-electron chi connectivity index (χ2n) is 8.61. The number of anilines is 3. The lowest BCUT2D eigenvalue weighted by molar-refractivity contribution is -0.120. The van der Waals surface area contributed by atoms with Crippen molar-refractivity contribution in [3.8, 4) is 0 Å². The molecule has 1 heterocycles. The molecule has 1 aliphatic heterocycles. The summed E-state index contributed by atoms with van der Waals surface area (Å²) in [5.74, 6) is -0.0800. The highest BCUT2D eigenvalue weighted by atomic mass is 16.2. The van der Waals surface area contributed by atoms with Crippen LogP contribution in [-0.2, 0) is 9.59 Å². The number of fused-ring (bicyclic) bond motifs is 1. The van der Waals surface area contributed by atoms with Crippen molar-refractivity contribution in [2.24, 2.45) is 5.92 Å². The Labute approximate surface area is 189 Å². The molecule has 170 valence electrons. The average molecular weight is 437 g/mol. The van der Waals surface area contributed by atoms with E-state index < -0.39 is 6.04 Å². The lowest BCUT2D eigenvalue weighted by Crippen LogP contribution is -2.46. The molecule has 1 atom stereocenters. The lowest BCUT2D eigenvalue weighted by atomic mass is 10.0. The summed E-state index contributed by atoms with van der Waals surface area (Å²) in [6.07, 6.45) is 3.21. The van der Waals surface area contributed by atoms with Gasteiger partial charge in [-0.25, -0.2) is 0 Å². The first-order chi connectivity index (χ1) is 15.4. The first-order valence-electron chi connectivity index (χ1n) is 11.2. The summed E-state index contributed by atoms with van der Waals surface area (Å²) in [6, 6.07) is 13.9. The zero-order valence-electron chi connectivity index (χ0n) is 18.8. The molecule has 1 unspecified atom stereocenters. The van der Waals surface area contributed by atoms with E-state index in [-0.39, 0.29) is 23.6 Å². The van der Waals surface area contributed by atoms with Crippen molar-refractivity contribution in [3.05, 3.63) is 54.1 Å². The molecule has 0 saturated carbocycles. The molecule has 2 aromatic carbocycles. The largest absolute Gasteiger partial charge is 0.397 e. The van der Waals surface area contributed by atoms with Crippen LogP contribution in [-0.4, -0.2) is 30.3 Å². The van der Waals surface area contributed by atoms with Crippen molar-refractivity contribution in [2.45, 2.75) is 52.0 Å². The molecule has 0 spiro atoms. The summed E-state index contributed by atoms with van der Waals surface area (Å²) in [7, 11) is 0. The normalized spacial score (nSPS) is 15.8. The molecule has 32 heavy (non-hydrogen) atoms. The highest BCUT2D eigenvalue weighted by Crippen LogP contribution is 2.26. The lowest BCUT2D eigenvalue weighted by Gasteiger charge is -2.26. The Hall–Kier alpha value is -3.35. The highest BCUT2D eigenvalue weighted by Gasteiger charge is 2.33. The number of rotatable bonds is 9. The van der Waals surface area contributed by atoms with Gasteiger partial charge in [0, 0.05) is 13.0 Å². The molecule has 2 aromatic rings. The highest BCUT2D eigenvalue weighted by molar-refractivity contribution is 6.10. The van der Waals surface area contributed by atoms with Crippen LogP contribution in [0.5, 0.6) is 0 Å². The standard InChI is InChI=1S/C25H32N4O3/c1-17(2)16-21-25(32)29(22-13-8-5-10-18(22)24(31)28-21)15-9-3-4-14-23(30)27-20-12-7-6-11-19(20)26/h5-8,10-13,17,21H,3-4,9,14-16,26H2,1-2H3,(H,27,30)(H,28,31). The Morgan fingerprint density at radius 3 is 2.53 bits per heavy atom. The van der Waals surface area contributed by atoms with Gasteiger partial charge in [0.1, 0.15) is 6.04 Å². The van der Waals surface area contributed by atoms with Gasteiger partial charge in [-0.05, 0) is 49.4 Å². The van der Waals surface area contributed by atoms with Crippen molar-refractivity contribution < 1.29 is 14.4 Å². The van der Waals surface area contributed by atoms with Crippen molar-refractivity contribution in [1.29, 1.82) is 0 Å². The molecule has 0 fully saturated rings. The zero-order chi connectivity index (χ0) is 23.1. The quantitative estimate of drug-likeness (QED) is 0.409. The summed E-state index contributed by atoms with van der Waals surface area (Å²) in [4.78, 5) is 39.8. The third-order valence-electron chi connectivity index (χ3n) is 5.54. The summed E-state index contributed by atoms with van der Waals surface area (Å²) < 4.78 is 0. The van der Waals surface area contributed by atoms with Gasteiger partial charge >= 0.3 is 0 Å². The number of hydrogen-bond donors (Lipinski definition) is 3. The predicted octanol–water partition coefficient (Wildman–Crippen LogP) is 3.96. The van der Waals surface area contributed by atoms with E-state index in [9.17, 15) is 14.4 Å². The van der Waals surface area contributed by atoms with Gasteiger partial charge in [0.2, 0.25) is 11.8 Å².